The van der Waals surface area contributed by atoms with E-state index in [0.717, 1.165) is 29.2 Å². The van der Waals surface area contributed by atoms with E-state index in [4.69, 9.17) is 16.6 Å². The molecule has 0 saturated carbocycles. The summed E-state index contributed by atoms with van der Waals surface area (Å²) < 4.78 is 19.2. The molecule has 1 amide bonds. The van der Waals surface area contributed by atoms with Crippen molar-refractivity contribution in [3.63, 3.8) is 0 Å². The number of carbonyl (C=O) groups is 1. The minimum absolute atomic E-state index is 0.117. The van der Waals surface area contributed by atoms with Crippen LogP contribution in [-0.2, 0) is 0 Å². The monoisotopic (exact) mass is 447 g/mol. The molecule has 0 aliphatic heterocycles. The first-order valence-corrected chi connectivity index (χ1v) is 10.7. The average Bonchev–Trinajstić information content (AvgIpc) is 3.22. The number of benzene rings is 3. The fourth-order valence-electron chi connectivity index (χ4n) is 3.27. The Morgan fingerprint density at radius 3 is 2.62 bits per heavy atom. The van der Waals surface area contributed by atoms with Crippen molar-refractivity contribution in [3.8, 4) is 11.5 Å². The molecule has 4 aromatic rings. The number of nitrogens with one attached hydrogen (secondary N) is 2. The van der Waals surface area contributed by atoms with Crippen LogP contribution in [0, 0.1) is 5.82 Å². The number of amides is 1. The van der Waals surface area contributed by atoms with Gasteiger partial charge in [0.1, 0.15) is 11.3 Å². The molecule has 0 spiro atoms. The molecule has 4 rings (SSSR count). The van der Waals surface area contributed by atoms with Crippen molar-refractivity contribution in [2.75, 3.05) is 5.32 Å². The van der Waals surface area contributed by atoms with Crippen LogP contribution in [0.15, 0.2) is 71.1 Å². The Morgan fingerprint density at radius 2 is 1.91 bits per heavy atom. The molecule has 162 valence electrons. The maximum absolute atomic E-state index is 13.3. The van der Waals surface area contributed by atoms with Gasteiger partial charge >= 0.3 is 0 Å². The summed E-state index contributed by atoms with van der Waals surface area (Å²) in [7, 11) is 0. The van der Waals surface area contributed by atoms with Gasteiger partial charge in [0.05, 0.1) is 0 Å². The van der Waals surface area contributed by atoms with Gasteiger partial charge in [-0.1, -0.05) is 26.0 Å². The van der Waals surface area contributed by atoms with E-state index in [0.29, 0.717) is 17.5 Å². The second-order valence-corrected chi connectivity index (χ2v) is 7.96. The number of aromatic nitrogens is 1. The molecule has 1 aromatic heterocycles. The molecular weight excluding hydrogens is 425 g/mol. The van der Waals surface area contributed by atoms with Crippen LogP contribution in [0.2, 0.25) is 0 Å². The van der Waals surface area contributed by atoms with Gasteiger partial charge in [-0.05, 0) is 84.7 Å². The molecule has 7 heteroatoms. The first-order valence-electron chi connectivity index (χ1n) is 10.3. The fraction of sp³-hybridized carbons (Fsp3) is 0.160. The van der Waals surface area contributed by atoms with Crippen LogP contribution in [0.3, 0.4) is 0 Å². The first-order chi connectivity index (χ1) is 15.4. The topological polar surface area (TPSA) is 67.2 Å². The lowest BCUT2D eigenvalue weighted by molar-refractivity contribution is 0.0977. The Labute approximate surface area is 190 Å². The molecule has 0 fully saturated rings. The lowest BCUT2D eigenvalue weighted by Crippen LogP contribution is -2.34. The summed E-state index contributed by atoms with van der Waals surface area (Å²) >= 11 is 5.19. The number of thiocarbonyl (C=S) groups is 1. The minimum atomic E-state index is -0.484. The van der Waals surface area contributed by atoms with Crippen LogP contribution in [0.5, 0.6) is 0 Å². The zero-order valence-corrected chi connectivity index (χ0v) is 18.5. The predicted octanol–water partition coefficient (Wildman–Crippen LogP) is 6.27. The van der Waals surface area contributed by atoms with Crippen molar-refractivity contribution in [3.05, 3.63) is 83.7 Å². The number of hydrogen-bond acceptors (Lipinski definition) is 4. The second kappa shape index (κ2) is 9.28. The van der Waals surface area contributed by atoms with Crippen LogP contribution in [0.1, 0.15) is 42.1 Å². The van der Waals surface area contributed by atoms with E-state index in [2.05, 4.69) is 41.6 Å². The van der Waals surface area contributed by atoms with E-state index in [9.17, 15) is 9.18 Å². The van der Waals surface area contributed by atoms with Crippen molar-refractivity contribution in [2.24, 2.45) is 0 Å². The van der Waals surface area contributed by atoms with E-state index in [-0.39, 0.29) is 10.7 Å². The van der Waals surface area contributed by atoms with Crippen molar-refractivity contribution < 1.29 is 13.6 Å². The molecule has 32 heavy (non-hydrogen) atoms. The molecule has 0 unspecified atom stereocenters. The number of fused-ring (bicyclic) bond motifs is 1. The van der Waals surface area contributed by atoms with Crippen LogP contribution >= 0.6 is 12.2 Å². The summed E-state index contributed by atoms with van der Waals surface area (Å²) in [6.07, 6.45) is 1.06. The Kier molecular flexibility index (Phi) is 6.28. The number of carbonyl (C=O) groups excluding carboxylic acids is 1. The smallest absolute Gasteiger partial charge is 0.257 e. The molecule has 1 heterocycles. The predicted molar refractivity (Wildman–Crippen MR) is 128 cm³/mol. The van der Waals surface area contributed by atoms with Crippen LogP contribution in [-0.4, -0.2) is 16.0 Å². The SMILES string of the molecule is CC[C@@H](C)c1ccc2oc(-c3ccc(NC(=S)NC(=O)c4cccc(F)c4)cc3)nc2c1. The Hall–Kier alpha value is -3.58. The molecule has 3 aromatic carbocycles. The average molecular weight is 448 g/mol. The van der Waals surface area contributed by atoms with Crippen LogP contribution in [0.4, 0.5) is 10.1 Å². The van der Waals surface area contributed by atoms with Gasteiger partial charge in [-0.15, -0.1) is 0 Å². The zero-order chi connectivity index (χ0) is 22.7. The first kappa shape index (κ1) is 21.6. The maximum atomic E-state index is 13.3. The lowest BCUT2D eigenvalue weighted by atomic mass is 9.98. The van der Waals surface area contributed by atoms with Crippen molar-refractivity contribution in [2.45, 2.75) is 26.2 Å². The Morgan fingerprint density at radius 1 is 1.12 bits per heavy atom. The molecule has 1 atom stereocenters. The van der Waals surface area contributed by atoms with Crippen molar-refractivity contribution in [1.29, 1.82) is 0 Å². The number of nitrogens with zero attached hydrogens (tertiary/aromatic N) is 1. The van der Waals surface area contributed by atoms with Gasteiger partial charge in [0.2, 0.25) is 5.89 Å². The summed E-state index contributed by atoms with van der Waals surface area (Å²) in [5, 5.41) is 5.60. The van der Waals surface area contributed by atoms with E-state index in [1.54, 1.807) is 0 Å². The highest BCUT2D eigenvalue weighted by atomic mass is 32.1. The second-order valence-electron chi connectivity index (χ2n) is 7.55. The zero-order valence-electron chi connectivity index (χ0n) is 17.7. The van der Waals surface area contributed by atoms with Crippen LogP contribution < -0.4 is 10.6 Å². The van der Waals surface area contributed by atoms with E-state index in [1.165, 1.54) is 23.8 Å². The minimum Gasteiger partial charge on any atom is -0.436 e. The van der Waals surface area contributed by atoms with Gasteiger partial charge in [-0.2, -0.15) is 0 Å². The highest BCUT2D eigenvalue weighted by Gasteiger charge is 2.12. The normalized spacial score (nSPS) is 11.8. The molecular formula is C25H22FN3O2S. The quantitative estimate of drug-likeness (QED) is 0.353. The lowest BCUT2D eigenvalue weighted by Gasteiger charge is -2.10. The highest BCUT2D eigenvalue weighted by Crippen LogP contribution is 2.28. The van der Waals surface area contributed by atoms with Gasteiger partial charge in [0.25, 0.3) is 5.91 Å². The number of hydrogen-bond donors (Lipinski definition) is 2. The third-order valence-corrected chi connectivity index (χ3v) is 5.50. The summed E-state index contributed by atoms with van der Waals surface area (Å²) in [5.74, 6) is 0.0363. The largest absolute Gasteiger partial charge is 0.436 e. The molecule has 0 radical (unpaired) electrons. The Balaban J connectivity index is 1.43. The third kappa shape index (κ3) is 4.84. The number of rotatable bonds is 5. The summed E-state index contributed by atoms with van der Waals surface area (Å²) in [6.45, 7) is 4.36. The Bertz CT molecular complexity index is 1280. The van der Waals surface area contributed by atoms with Crippen molar-refractivity contribution >= 4 is 40.0 Å². The molecule has 0 aliphatic rings. The summed E-state index contributed by atoms with van der Waals surface area (Å²) in [5.41, 5.74) is 4.53. The number of oxazole rings is 1. The van der Waals surface area contributed by atoms with E-state index >= 15 is 0 Å². The van der Waals surface area contributed by atoms with Gasteiger partial charge < -0.3 is 9.73 Å². The highest BCUT2D eigenvalue weighted by molar-refractivity contribution is 7.80. The standard InChI is InChI=1S/C25H22FN3O2S/c1-3-15(2)17-9-12-22-21(14-17)28-24(31-22)16-7-10-20(11-8-16)27-25(32)29-23(30)18-5-4-6-19(26)13-18/h4-15H,3H2,1-2H3,(H2,27,29,30,32)/t15-/m1/s1. The van der Waals surface area contributed by atoms with Gasteiger partial charge in [-0.3, -0.25) is 10.1 Å². The number of anilines is 1. The number of halogens is 1. The van der Waals surface area contributed by atoms with Gasteiger partial charge in [-0.25, -0.2) is 9.37 Å². The summed E-state index contributed by atoms with van der Waals surface area (Å²) in [4.78, 5) is 16.8. The van der Waals surface area contributed by atoms with E-state index in [1.807, 2.05) is 30.3 Å². The third-order valence-electron chi connectivity index (χ3n) is 5.30. The van der Waals surface area contributed by atoms with Crippen LogP contribution in [0.25, 0.3) is 22.6 Å². The molecule has 0 saturated heterocycles. The molecule has 5 nitrogen and oxygen atoms in total. The molecule has 0 bridgehead atoms. The summed E-state index contributed by atoms with van der Waals surface area (Å²) in [6, 6.07) is 18.9. The fourth-order valence-corrected chi connectivity index (χ4v) is 3.48. The van der Waals surface area contributed by atoms with Crippen molar-refractivity contribution in [1.82, 2.24) is 10.3 Å². The molecule has 0 aliphatic carbocycles. The molecule has 2 N–H and O–H groups in total. The van der Waals surface area contributed by atoms with E-state index < -0.39 is 11.7 Å². The van der Waals surface area contributed by atoms with Gasteiger partial charge in [0, 0.05) is 16.8 Å². The maximum Gasteiger partial charge on any atom is 0.257 e. The van der Waals surface area contributed by atoms with Gasteiger partial charge in [0.15, 0.2) is 10.7 Å².